The minimum Gasteiger partial charge on any atom is -0.508 e. The highest BCUT2D eigenvalue weighted by Crippen LogP contribution is 2.24. The Morgan fingerprint density at radius 2 is 2.29 bits per heavy atom. The fourth-order valence-corrected chi connectivity index (χ4v) is 1.37. The second-order valence-corrected chi connectivity index (χ2v) is 3.40. The van der Waals surface area contributed by atoms with E-state index in [0.717, 1.165) is 6.07 Å². The molecule has 0 radical (unpaired) electrons. The third-order valence-corrected chi connectivity index (χ3v) is 2.21. The molecule has 0 bridgehead atoms. The Kier molecular flexibility index (Phi) is 4.00. The van der Waals surface area contributed by atoms with Crippen LogP contribution >= 0.6 is 0 Å². The molecule has 0 amide bonds. The van der Waals surface area contributed by atoms with Crippen LogP contribution in [0.2, 0.25) is 0 Å². The lowest BCUT2D eigenvalue weighted by molar-refractivity contribution is -0.385. The number of phenols is 1. The molecule has 1 atom stereocenters. The van der Waals surface area contributed by atoms with Gasteiger partial charge in [0.15, 0.2) is 0 Å². The van der Waals surface area contributed by atoms with Gasteiger partial charge in [0.05, 0.1) is 18.1 Å². The lowest BCUT2D eigenvalue weighted by Gasteiger charge is -2.09. The van der Waals surface area contributed by atoms with Crippen LogP contribution in [0.25, 0.3) is 0 Å². The Bertz CT molecular complexity index is 446. The van der Waals surface area contributed by atoms with E-state index in [1.54, 1.807) is 0 Å². The Balaban J connectivity index is 2.98. The van der Waals surface area contributed by atoms with Crippen molar-refractivity contribution in [1.82, 2.24) is 0 Å². The summed E-state index contributed by atoms with van der Waals surface area (Å²) < 4.78 is 4.43. The summed E-state index contributed by atoms with van der Waals surface area (Å²) in [6.45, 7) is 0. The maximum atomic E-state index is 11.1. The number of nitrogens with zero attached hydrogens (tertiary/aromatic N) is 1. The third kappa shape index (κ3) is 3.15. The van der Waals surface area contributed by atoms with Crippen molar-refractivity contribution >= 4 is 11.7 Å². The van der Waals surface area contributed by atoms with E-state index in [0.29, 0.717) is 0 Å². The molecule has 0 aromatic heterocycles. The van der Waals surface area contributed by atoms with Crippen LogP contribution in [0.4, 0.5) is 5.69 Å². The number of methoxy groups -OCH3 is 1. The summed E-state index contributed by atoms with van der Waals surface area (Å²) in [7, 11) is 1.19. The molecule has 0 heterocycles. The van der Waals surface area contributed by atoms with Gasteiger partial charge in [0, 0.05) is 12.0 Å². The minimum atomic E-state index is -0.969. The number of hydrogen-bond donors (Lipinski definition) is 2. The smallest absolute Gasteiger partial charge is 0.322 e. The predicted molar refractivity (Wildman–Crippen MR) is 58.5 cm³/mol. The SMILES string of the molecule is COC(=O)C(N)Cc1ccc(O)cc1[N+](=O)[O-]. The summed E-state index contributed by atoms with van der Waals surface area (Å²) in [6.07, 6.45) is -0.0245. The van der Waals surface area contributed by atoms with Gasteiger partial charge in [0.25, 0.3) is 5.69 Å². The van der Waals surface area contributed by atoms with Gasteiger partial charge in [-0.15, -0.1) is 0 Å². The molecule has 92 valence electrons. The number of esters is 1. The molecule has 7 nitrogen and oxygen atoms in total. The highest BCUT2D eigenvalue weighted by atomic mass is 16.6. The first-order valence-corrected chi connectivity index (χ1v) is 4.75. The van der Waals surface area contributed by atoms with E-state index >= 15 is 0 Å². The Labute approximate surface area is 97.0 Å². The number of carbonyl (C=O) groups is 1. The Morgan fingerprint density at radius 1 is 1.65 bits per heavy atom. The van der Waals surface area contributed by atoms with Crippen LogP contribution in [-0.4, -0.2) is 29.2 Å². The number of nitro benzene ring substituents is 1. The lowest BCUT2D eigenvalue weighted by Crippen LogP contribution is -2.33. The largest absolute Gasteiger partial charge is 0.508 e. The van der Waals surface area contributed by atoms with Gasteiger partial charge in [-0.3, -0.25) is 14.9 Å². The molecule has 0 aliphatic heterocycles. The number of nitrogens with two attached hydrogens (primary N) is 1. The molecule has 0 aliphatic rings. The van der Waals surface area contributed by atoms with E-state index in [4.69, 9.17) is 10.8 Å². The predicted octanol–water partition coefficient (Wildman–Crippen LogP) is 0.343. The molecular weight excluding hydrogens is 228 g/mol. The van der Waals surface area contributed by atoms with Gasteiger partial charge < -0.3 is 15.6 Å². The second kappa shape index (κ2) is 5.26. The van der Waals surface area contributed by atoms with E-state index < -0.39 is 16.9 Å². The molecule has 0 aliphatic carbocycles. The van der Waals surface area contributed by atoms with Gasteiger partial charge in [0.2, 0.25) is 0 Å². The first kappa shape index (κ1) is 12.9. The molecule has 0 saturated heterocycles. The minimum absolute atomic E-state index is 0.0245. The van der Waals surface area contributed by atoms with Crippen LogP contribution in [0.1, 0.15) is 5.56 Å². The van der Waals surface area contributed by atoms with E-state index in [1.807, 2.05) is 0 Å². The first-order chi connectivity index (χ1) is 7.95. The third-order valence-electron chi connectivity index (χ3n) is 2.21. The second-order valence-electron chi connectivity index (χ2n) is 3.40. The van der Waals surface area contributed by atoms with Crippen LogP contribution in [-0.2, 0) is 16.0 Å². The molecule has 1 unspecified atom stereocenters. The number of carbonyl (C=O) groups excluding carboxylic acids is 1. The zero-order valence-corrected chi connectivity index (χ0v) is 9.12. The monoisotopic (exact) mass is 240 g/mol. The van der Waals surface area contributed by atoms with Crippen molar-refractivity contribution in [3.63, 3.8) is 0 Å². The van der Waals surface area contributed by atoms with Crippen molar-refractivity contribution in [2.45, 2.75) is 12.5 Å². The molecule has 3 N–H and O–H groups in total. The molecule has 1 rings (SSSR count). The van der Waals surface area contributed by atoms with Gasteiger partial charge in [-0.25, -0.2) is 0 Å². The van der Waals surface area contributed by atoms with Crippen molar-refractivity contribution in [3.8, 4) is 5.75 Å². The van der Waals surface area contributed by atoms with Crippen LogP contribution in [0.15, 0.2) is 18.2 Å². The zero-order chi connectivity index (χ0) is 13.0. The molecule has 1 aromatic rings. The summed E-state index contributed by atoms with van der Waals surface area (Å²) in [4.78, 5) is 21.2. The van der Waals surface area contributed by atoms with E-state index in [9.17, 15) is 14.9 Å². The molecule has 0 fully saturated rings. The summed E-state index contributed by atoms with van der Waals surface area (Å²) in [5.41, 5.74) is 5.50. The summed E-state index contributed by atoms with van der Waals surface area (Å²) in [5, 5.41) is 19.9. The number of ether oxygens (including phenoxy) is 1. The average Bonchev–Trinajstić information content (AvgIpc) is 2.29. The molecule has 0 saturated carbocycles. The maximum absolute atomic E-state index is 11.1. The topological polar surface area (TPSA) is 116 Å². The number of hydrogen-bond acceptors (Lipinski definition) is 6. The van der Waals surface area contributed by atoms with Crippen LogP contribution < -0.4 is 5.73 Å². The van der Waals surface area contributed by atoms with Crippen molar-refractivity contribution < 1.29 is 19.6 Å². The molecular formula is C10H12N2O5. The van der Waals surface area contributed by atoms with Crippen LogP contribution in [0, 0.1) is 10.1 Å². The lowest BCUT2D eigenvalue weighted by atomic mass is 10.0. The number of rotatable bonds is 4. The van der Waals surface area contributed by atoms with Crippen molar-refractivity contribution in [3.05, 3.63) is 33.9 Å². The average molecular weight is 240 g/mol. The van der Waals surface area contributed by atoms with E-state index in [-0.39, 0.29) is 23.4 Å². The summed E-state index contributed by atoms with van der Waals surface area (Å²) >= 11 is 0. The number of benzene rings is 1. The molecule has 0 spiro atoms. The van der Waals surface area contributed by atoms with Gasteiger partial charge in [-0.05, 0) is 12.1 Å². The first-order valence-electron chi connectivity index (χ1n) is 4.75. The Morgan fingerprint density at radius 3 is 2.82 bits per heavy atom. The summed E-state index contributed by atoms with van der Waals surface area (Å²) in [5.74, 6) is -0.862. The molecule has 17 heavy (non-hydrogen) atoms. The van der Waals surface area contributed by atoms with Crippen LogP contribution in [0.3, 0.4) is 0 Å². The zero-order valence-electron chi connectivity index (χ0n) is 9.12. The van der Waals surface area contributed by atoms with E-state index in [2.05, 4.69) is 4.74 Å². The normalized spacial score (nSPS) is 11.9. The number of nitro groups is 1. The van der Waals surface area contributed by atoms with Crippen molar-refractivity contribution in [1.29, 1.82) is 0 Å². The molecule has 7 heteroatoms. The van der Waals surface area contributed by atoms with Crippen molar-refractivity contribution in [2.75, 3.05) is 7.11 Å². The van der Waals surface area contributed by atoms with Crippen LogP contribution in [0.5, 0.6) is 5.75 Å². The van der Waals surface area contributed by atoms with Gasteiger partial charge in [-0.1, -0.05) is 0 Å². The highest BCUT2D eigenvalue weighted by molar-refractivity contribution is 5.76. The number of phenolic OH excluding ortho intramolecular Hbond substituents is 1. The quantitative estimate of drug-likeness (QED) is 0.445. The maximum Gasteiger partial charge on any atom is 0.322 e. The standard InChI is InChI=1S/C10H12N2O5/c1-17-10(14)8(11)4-6-2-3-7(13)5-9(6)12(15)16/h2-3,5,8,13H,4,11H2,1H3. The molecule has 1 aromatic carbocycles. The van der Waals surface area contributed by atoms with Gasteiger partial charge in [0.1, 0.15) is 11.8 Å². The van der Waals surface area contributed by atoms with Gasteiger partial charge in [-0.2, -0.15) is 0 Å². The van der Waals surface area contributed by atoms with E-state index in [1.165, 1.54) is 19.2 Å². The fourth-order valence-electron chi connectivity index (χ4n) is 1.37. The van der Waals surface area contributed by atoms with Gasteiger partial charge >= 0.3 is 5.97 Å². The van der Waals surface area contributed by atoms with Crippen molar-refractivity contribution in [2.24, 2.45) is 5.73 Å². The number of aromatic hydroxyl groups is 1. The fraction of sp³-hybridized carbons (Fsp3) is 0.300. The summed E-state index contributed by atoms with van der Waals surface area (Å²) in [6, 6.07) is 2.70. The Hall–Kier alpha value is -2.15. The highest BCUT2D eigenvalue weighted by Gasteiger charge is 2.21.